The first kappa shape index (κ1) is 11.9. The molecule has 0 unspecified atom stereocenters. The van der Waals surface area contributed by atoms with E-state index in [9.17, 15) is 4.79 Å². The molecule has 0 spiro atoms. The van der Waals surface area contributed by atoms with Gasteiger partial charge in [-0.2, -0.15) is 0 Å². The molecule has 0 aliphatic carbocycles. The summed E-state index contributed by atoms with van der Waals surface area (Å²) in [5.41, 5.74) is 1.07. The number of nitrogens with one attached hydrogen (secondary N) is 1. The first-order chi connectivity index (χ1) is 6.74. The predicted octanol–water partition coefficient (Wildman–Crippen LogP) is -0.0608. The van der Waals surface area contributed by atoms with Gasteiger partial charge >= 0.3 is 5.97 Å². The largest absolute Gasteiger partial charge is 0.464 e. The van der Waals surface area contributed by atoms with Crippen molar-refractivity contribution in [2.45, 2.75) is 13.0 Å². The molecule has 1 saturated heterocycles. The van der Waals surface area contributed by atoms with Crippen molar-refractivity contribution in [3.05, 3.63) is 11.4 Å². The van der Waals surface area contributed by atoms with Gasteiger partial charge in [0.25, 0.3) is 0 Å². The van der Waals surface area contributed by atoms with Crippen molar-refractivity contribution >= 4 is 18.4 Å². The van der Waals surface area contributed by atoms with Gasteiger partial charge in [0.05, 0.1) is 18.8 Å². The molecule has 1 aromatic heterocycles. The zero-order valence-electron chi connectivity index (χ0n) is 8.56. The van der Waals surface area contributed by atoms with Crippen LogP contribution in [0, 0.1) is 6.92 Å². The average molecular weight is 233 g/mol. The van der Waals surface area contributed by atoms with Crippen LogP contribution in [0.2, 0.25) is 0 Å². The Kier molecular flexibility index (Phi) is 3.65. The summed E-state index contributed by atoms with van der Waals surface area (Å²) in [6, 6.07) is 0.320. The number of ether oxygens (including phenoxy) is 1. The topological polar surface area (TPSA) is 69.0 Å². The lowest BCUT2D eigenvalue weighted by Crippen LogP contribution is -2.44. The molecule has 0 saturated carbocycles. The van der Waals surface area contributed by atoms with Crippen LogP contribution in [0.25, 0.3) is 0 Å². The third kappa shape index (κ3) is 1.95. The van der Waals surface area contributed by atoms with Gasteiger partial charge in [-0.3, -0.25) is 0 Å². The van der Waals surface area contributed by atoms with E-state index in [1.807, 2.05) is 6.92 Å². The van der Waals surface area contributed by atoms with Crippen LogP contribution >= 0.6 is 12.4 Å². The monoisotopic (exact) mass is 232 g/mol. The minimum atomic E-state index is -0.430. The molecule has 0 radical (unpaired) electrons. The molecule has 1 aliphatic rings. The molecule has 0 aromatic carbocycles. The summed E-state index contributed by atoms with van der Waals surface area (Å²) in [5.74, 6) is -0.430. The molecule has 1 aliphatic heterocycles. The third-order valence-electron chi connectivity index (χ3n) is 2.41. The fourth-order valence-electron chi connectivity index (χ4n) is 1.42. The van der Waals surface area contributed by atoms with E-state index in [1.54, 1.807) is 4.68 Å². The van der Waals surface area contributed by atoms with Crippen molar-refractivity contribution in [2.75, 3.05) is 20.2 Å². The number of carbonyl (C=O) groups is 1. The van der Waals surface area contributed by atoms with Crippen LogP contribution in [0.1, 0.15) is 22.2 Å². The Hall–Kier alpha value is -1.14. The number of aromatic nitrogens is 3. The minimum absolute atomic E-state index is 0. The first-order valence-corrected chi connectivity index (χ1v) is 4.45. The maximum absolute atomic E-state index is 11.2. The number of hydrogen-bond donors (Lipinski definition) is 1. The highest BCUT2D eigenvalue weighted by atomic mass is 35.5. The second-order valence-corrected chi connectivity index (χ2v) is 3.27. The van der Waals surface area contributed by atoms with E-state index < -0.39 is 5.97 Å². The Balaban J connectivity index is 0.00000112. The van der Waals surface area contributed by atoms with Gasteiger partial charge < -0.3 is 10.1 Å². The first-order valence-electron chi connectivity index (χ1n) is 4.45. The quantitative estimate of drug-likeness (QED) is 0.724. The molecule has 0 amide bonds. The number of methoxy groups -OCH3 is 1. The van der Waals surface area contributed by atoms with Crippen molar-refractivity contribution in [1.29, 1.82) is 0 Å². The normalized spacial score (nSPS) is 15.3. The molecule has 2 rings (SSSR count). The summed E-state index contributed by atoms with van der Waals surface area (Å²) in [5, 5.41) is 10.9. The molecule has 0 bridgehead atoms. The van der Waals surface area contributed by atoms with Crippen molar-refractivity contribution < 1.29 is 9.53 Å². The average Bonchev–Trinajstić information content (AvgIpc) is 2.45. The van der Waals surface area contributed by atoms with Crippen molar-refractivity contribution in [3.8, 4) is 0 Å². The maximum Gasteiger partial charge on any atom is 0.360 e. The molecule has 1 aromatic rings. The van der Waals surface area contributed by atoms with E-state index in [2.05, 4.69) is 20.4 Å². The molecule has 0 atom stereocenters. The SMILES string of the molecule is COC(=O)c1nnn(C2CNC2)c1C.Cl. The van der Waals surface area contributed by atoms with Gasteiger partial charge in [0.1, 0.15) is 0 Å². The summed E-state index contributed by atoms with van der Waals surface area (Å²) in [4.78, 5) is 11.2. The Morgan fingerprint density at radius 2 is 2.27 bits per heavy atom. The molecule has 1 N–H and O–H groups in total. The zero-order valence-corrected chi connectivity index (χ0v) is 9.37. The predicted molar refractivity (Wildman–Crippen MR) is 55.3 cm³/mol. The van der Waals surface area contributed by atoms with E-state index >= 15 is 0 Å². The summed E-state index contributed by atoms with van der Waals surface area (Å²) >= 11 is 0. The highest BCUT2D eigenvalue weighted by Crippen LogP contribution is 2.15. The second-order valence-electron chi connectivity index (χ2n) is 3.27. The fraction of sp³-hybridized carbons (Fsp3) is 0.625. The molecule has 15 heavy (non-hydrogen) atoms. The number of rotatable bonds is 2. The summed E-state index contributed by atoms with van der Waals surface area (Å²) in [6.07, 6.45) is 0. The van der Waals surface area contributed by atoms with Gasteiger partial charge in [-0.15, -0.1) is 17.5 Å². The minimum Gasteiger partial charge on any atom is -0.464 e. The van der Waals surface area contributed by atoms with E-state index in [0.717, 1.165) is 18.8 Å². The molecule has 84 valence electrons. The number of hydrogen-bond acceptors (Lipinski definition) is 5. The maximum atomic E-state index is 11.2. The van der Waals surface area contributed by atoms with Gasteiger partial charge in [0.15, 0.2) is 5.69 Å². The number of carbonyl (C=O) groups excluding carboxylic acids is 1. The van der Waals surface area contributed by atoms with Gasteiger partial charge in [0, 0.05) is 13.1 Å². The summed E-state index contributed by atoms with van der Waals surface area (Å²) in [6.45, 7) is 3.58. The summed E-state index contributed by atoms with van der Waals surface area (Å²) < 4.78 is 6.36. The molecule has 1 fully saturated rings. The van der Waals surface area contributed by atoms with Gasteiger partial charge in [0.2, 0.25) is 0 Å². The van der Waals surface area contributed by atoms with E-state index in [-0.39, 0.29) is 12.4 Å². The zero-order chi connectivity index (χ0) is 10.1. The van der Waals surface area contributed by atoms with E-state index in [1.165, 1.54) is 7.11 Å². The molecular weight excluding hydrogens is 220 g/mol. The van der Waals surface area contributed by atoms with Crippen LogP contribution in [0.4, 0.5) is 0 Å². The Labute approximate surface area is 93.4 Å². The molecular formula is C8H13ClN4O2. The fourth-order valence-corrected chi connectivity index (χ4v) is 1.42. The van der Waals surface area contributed by atoms with Crippen molar-refractivity contribution in [1.82, 2.24) is 20.3 Å². The molecule has 6 nitrogen and oxygen atoms in total. The second kappa shape index (κ2) is 4.59. The van der Waals surface area contributed by atoms with Gasteiger partial charge in [-0.05, 0) is 6.92 Å². The molecule has 2 heterocycles. The lowest BCUT2D eigenvalue weighted by atomic mass is 10.2. The number of esters is 1. The van der Waals surface area contributed by atoms with E-state index in [0.29, 0.717) is 11.7 Å². The van der Waals surface area contributed by atoms with Crippen LogP contribution in [-0.2, 0) is 4.74 Å². The van der Waals surface area contributed by atoms with Gasteiger partial charge in [-0.1, -0.05) is 5.21 Å². The number of nitrogens with zero attached hydrogens (tertiary/aromatic N) is 3. The van der Waals surface area contributed by atoms with Crippen LogP contribution in [0.3, 0.4) is 0 Å². The molecule has 7 heteroatoms. The van der Waals surface area contributed by atoms with Crippen LogP contribution in [0.15, 0.2) is 0 Å². The highest BCUT2D eigenvalue weighted by Gasteiger charge is 2.25. The van der Waals surface area contributed by atoms with Crippen molar-refractivity contribution in [3.63, 3.8) is 0 Å². The van der Waals surface area contributed by atoms with Crippen molar-refractivity contribution in [2.24, 2.45) is 0 Å². The Morgan fingerprint density at radius 3 is 2.73 bits per heavy atom. The van der Waals surface area contributed by atoms with Gasteiger partial charge in [-0.25, -0.2) is 9.48 Å². The van der Waals surface area contributed by atoms with Crippen LogP contribution in [-0.4, -0.2) is 41.2 Å². The number of halogens is 1. The Bertz CT molecular complexity index is 362. The lowest BCUT2D eigenvalue weighted by molar-refractivity contribution is 0.0593. The highest BCUT2D eigenvalue weighted by molar-refractivity contribution is 5.88. The summed E-state index contributed by atoms with van der Waals surface area (Å²) in [7, 11) is 1.34. The van der Waals surface area contributed by atoms with Crippen LogP contribution in [0.5, 0.6) is 0 Å². The van der Waals surface area contributed by atoms with E-state index in [4.69, 9.17) is 0 Å². The third-order valence-corrected chi connectivity index (χ3v) is 2.41. The smallest absolute Gasteiger partial charge is 0.360 e. The standard InChI is InChI=1S/C8H12N4O2.ClH/c1-5-7(8(13)14-2)10-11-12(5)6-3-9-4-6;/h6,9H,3-4H2,1-2H3;1H. The lowest BCUT2D eigenvalue weighted by Gasteiger charge is -2.27. The Morgan fingerprint density at radius 1 is 1.60 bits per heavy atom. The van der Waals surface area contributed by atoms with Crippen LogP contribution < -0.4 is 5.32 Å².